The largest absolute Gasteiger partial charge is 0.496 e. The predicted molar refractivity (Wildman–Crippen MR) is 66.6 cm³/mol. The van der Waals surface area contributed by atoms with E-state index in [1.807, 2.05) is 13.0 Å². The molecule has 1 saturated heterocycles. The molecule has 1 aliphatic rings. The highest BCUT2D eigenvalue weighted by Crippen LogP contribution is 2.19. The Morgan fingerprint density at radius 1 is 1.50 bits per heavy atom. The van der Waals surface area contributed by atoms with Crippen LogP contribution in [0, 0.1) is 6.92 Å². The summed E-state index contributed by atoms with van der Waals surface area (Å²) in [6, 6.07) is 5.28. The van der Waals surface area contributed by atoms with Crippen LogP contribution in [-0.2, 0) is 4.79 Å². The molecule has 5 heteroatoms. The van der Waals surface area contributed by atoms with Gasteiger partial charge < -0.3 is 15.4 Å². The first-order valence-electron chi connectivity index (χ1n) is 5.82. The van der Waals surface area contributed by atoms with E-state index in [1.165, 1.54) is 7.11 Å². The van der Waals surface area contributed by atoms with Gasteiger partial charge in [0.25, 0.3) is 5.91 Å². The third kappa shape index (κ3) is 2.61. The highest BCUT2D eigenvalue weighted by molar-refractivity contribution is 5.97. The minimum atomic E-state index is -0.211. The van der Waals surface area contributed by atoms with Crippen LogP contribution in [0.25, 0.3) is 0 Å². The van der Waals surface area contributed by atoms with Crippen LogP contribution in [0.5, 0.6) is 5.75 Å². The van der Waals surface area contributed by atoms with E-state index in [4.69, 9.17) is 4.74 Å². The molecule has 2 N–H and O–H groups in total. The monoisotopic (exact) mass is 248 g/mol. The maximum Gasteiger partial charge on any atom is 0.255 e. The summed E-state index contributed by atoms with van der Waals surface area (Å²) in [6.45, 7) is 2.40. The molecule has 0 radical (unpaired) electrons. The van der Waals surface area contributed by atoms with Crippen molar-refractivity contribution in [3.05, 3.63) is 29.3 Å². The van der Waals surface area contributed by atoms with E-state index >= 15 is 0 Å². The number of carbonyl (C=O) groups is 2. The van der Waals surface area contributed by atoms with Gasteiger partial charge in [-0.25, -0.2) is 0 Å². The van der Waals surface area contributed by atoms with Crippen molar-refractivity contribution in [3.63, 3.8) is 0 Å². The SMILES string of the molecule is COc1ccc(C)cc1C(=O)NC1CNC(=O)C1. The third-order valence-corrected chi connectivity index (χ3v) is 2.91. The molecule has 1 fully saturated rings. The molecule has 5 nitrogen and oxygen atoms in total. The zero-order valence-corrected chi connectivity index (χ0v) is 10.4. The van der Waals surface area contributed by atoms with Crippen LogP contribution in [0.2, 0.25) is 0 Å². The Balaban J connectivity index is 2.13. The number of carbonyl (C=O) groups excluding carboxylic acids is 2. The molecule has 0 aromatic heterocycles. The Hall–Kier alpha value is -2.04. The molecule has 1 aromatic rings. The van der Waals surface area contributed by atoms with Gasteiger partial charge in [-0.3, -0.25) is 9.59 Å². The first kappa shape index (κ1) is 12.4. The fourth-order valence-electron chi connectivity index (χ4n) is 1.97. The van der Waals surface area contributed by atoms with Crippen molar-refractivity contribution in [2.75, 3.05) is 13.7 Å². The van der Waals surface area contributed by atoms with Gasteiger partial charge in [0.15, 0.2) is 0 Å². The minimum Gasteiger partial charge on any atom is -0.496 e. The first-order valence-corrected chi connectivity index (χ1v) is 5.82. The summed E-state index contributed by atoms with van der Waals surface area (Å²) in [5, 5.41) is 5.51. The van der Waals surface area contributed by atoms with Crippen molar-refractivity contribution in [3.8, 4) is 5.75 Å². The molecule has 1 heterocycles. The zero-order chi connectivity index (χ0) is 13.1. The van der Waals surface area contributed by atoms with Gasteiger partial charge in [-0.1, -0.05) is 11.6 Å². The second-order valence-corrected chi connectivity index (χ2v) is 4.38. The zero-order valence-electron chi connectivity index (χ0n) is 10.4. The van der Waals surface area contributed by atoms with Gasteiger partial charge in [-0.05, 0) is 19.1 Å². The van der Waals surface area contributed by atoms with E-state index in [-0.39, 0.29) is 17.9 Å². The lowest BCUT2D eigenvalue weighted by molar-refractivity contribution is -0.119. The van der Waals surface area contributed by atoms with E-state index in [1.54, 1.807) is 12.1 Å². The van der Waals surface area contributed by atoms with Crippen LogP contribution in [0.15, 0.2) is 18.2 Å². The summed E-state index contributed by atoms with van der Waals surface area (Å²) in [6.07, 6.45) is 0.333. The van der Waals surface area contributed by atoms with Gasteiger partial charge >= 0.3 is 0 Å². The molecule has 2 amide bonds. The molecule has 18 heavy (non-hydrogen) atoms. The molecule has 0 bridgehead atoms. The topological polar surface area (TPSA) is 67.4 Å². The average Bonchev–Trinajstić information content (AvgIpc) is 2.74. The van der Waals surface area contributed by atoms with E-state index in [0.29, 0.717) is 24.3 Å². The molecular weight excluding hydrogens is 232 g/mol. The maximum absolute atomic E-state index is 12.1. The molecule has 2 rings (SSSR count). The van der Waals surface area contributed by atoms with E-state index < -0.39 is 0 Å². The fraction of sp³-hybridized carbons (Fsp3) is 0.385. The molecule has 96 valence electrons. The normalized spacial score (nSPS) is 18.3. The summed E-state index contributed by atoms with van der Waals surface area (Å²) in [4.78, 5) is 23.2. The molecule has 0 spiro atoms. The number of amides is 2. The standard InChI is InChI=1S/C13H16N2O3/c1-8-3-4-11(18-2)10(5-8)13(17)15-9-6-12(16)14-7-9/h3-5,9H,6-7H2,1-2H3,(H,14,16)(H,15,17). The molecule has 0 saturated carbocycles. The van der Waals surface area contributed by atoms with Gasteiger partial charge in [-0.15, -0.1) is 0 Å². The smallest absolute Gasteiger partial charge is 0.255 e. The Morgan fingerprint density at radius 2 is 2.28 bits per heavy atom. The molecule has 1 aromatic carbocycles. The van der Waals surface area contributed by atoms with Crippen molar-refractivity contribution in [1.29, 1.82) is 0 Å². The number of nitrogens with one attached hydrogen (secondary N) is 2. The van der Waals surface area contributed by atoms with Crippen LogP contribution in [0.4, 0.5) is 0 Å². The highest BCUT2D eigenvalue weighted by Gasteiger charge is 2.24. The van der Waals surface area contributed by atoms with Gasteiger partial charge in [0, 0.05) is 13.0 Å². The lowest BCUT2D eigenvalue weighted by atomic mass is 10.1. The van der Waals surface area contributed by atoms with Gasteiger partial charge in [0.05, 0.1) is 18.7 Å². The van der Waals surface area contributed by atoms with Crippen LogP contribution >= 0.6 is 0 Å². The predicted octanol–water partition coefficient (Wildman–Crippen LogP) is 0.622. The van der Waals surface area contributed by atoms with Crippen molar-refractivity contribution in [2.24, 2.45) is 0 Å². The Labute approximate surface area is 106 Å². The molecule has 0 aliphatic carbocycles. The van der Waals surface area contributed by atoms with E-state index in [0.717, 1.165) is 5.56 Å². The molecule has 1 aliphatic heterocycles. The summed E-state index contributed by atoms with van der Waals surface area (Å²) in [5.41, 5.74) is 1.48. The van der Waals surface area contributed by atoms with E-state index in [2.05, 4.69) is 10.6 Å². The second kappa shape index (κ2) is 5.08. The maximum atomic E-state index is 12.1. The highest BCUT2D eigenvalue weighted by atomic mass is 16.5. The van der Waals surface area contributed by atoms with Crippen LogP contribution < -0.4 is 15.4 Å². The minimum absolute atomic E-state index is 0.0310. The lowest BCUT2D eigenvalue weighted by Crippen LogP contribution is -2.36. The van der Waals surface area contributed by atoms with E-state index in [9.17, 15) is 9.59 Å². The quantitative estimate of drug-likeness (QED) is 0.824. The fourth-order valence-corrected chi connectivity index (χ4v) is 1.97. The number of rotatable bonds is 3. The second-order valence-electron chi connectivity index (χ2n) is 4.38. The molecular formula is C13H16N2O3. The molecule has 1 unspecified atom stereocenters. The average molecular weight is 248 g/mol. The number of methoxy groups -OCH3 is 1. The third-order valence-electron chi connectivity index (χ3n) is 2.91. The van der Waals surface area contributed by atoms with Crippen LogP contribution in [-0.4, -0.2) is 31.5 Å². The number of hydrogen-bond acceptors (Lipinski definition) is 3. The van der Waals surface area contributed by atoms with Crippen LogP contribution in [0.3, 0.4) is 0 Å². The van der Waals surface area contributed by atoms with Gasteiger partial charge in [-0.2, -0.15) is 0 Å². The van der Waals surface area contributed by atoms with Gasteiger partial charge in [0.2, 0.25) is 5.91 Å². The number of aryl methyl sites for hydroxylation is 1. The lowest BCUT2D eigenvalue weighted by Gasteiger charge is -2.13. The summed E-state index contributed by atoms with van der Waals surface area (Å²) in [5.74, 6) is 0.295. The summed E-state index contributed by atoms with van der Waals surface area (Å²) >= 11 is 0. The summed E-state index contributed by atoms with van der Waals surface area (Å²) in [7, 11) is 1.53. The first-order chi connectivity index (χ1) is 8.60. The number of benzene rings is 1. The summed E-state index contributed by atoms with van der Waals surface area (Å²) < 4.78 is 5.16. The molecule has 1 atom stereocenters. The van der Waals surface area contributed by atoms with Crippen LogP contribution in [0.1, 0.15) is 22.3 Å². The van der Waals surface area contributed by atoms with Crippen molar-refractivity contribution in [2.45, 2.75) is 19.4 Å². The number of ether oxygens (including phenoxy) is 1. The van der Waals surface area contributed by atoms with Gasteiger partial charge in [0.1, 0.15) is 5.75 Å². The Morgan fingerprint density at radius 3 is 2.89 bits per heavy atom. The van der Waals surface area contributed by atoms with Crippen molar-refractivity contribution < 1.29 is 14.3 Å². The Bertz CT molecular complexity index is 485. The number of hydrogen-bond donors (Lipinski definition) is 2. The van der Waals surface area contributed by atoms with Crippen molar-refractivity contribution in [1.82, 2.24) is 10.6 Å². The Kier molecular flexibility index (Phi) is 3.50. The van der Waals surface area contributed by atoms with Crippen molar-refractivity contribution >= 4 is 11.8 Å².